The van der Waals surface area contributed by atoms with Gasteiger partial charge in [-0.1, -0.05) is 135 Å². The third-order valence-corrected chi connectivity index (χ3v) is 17.8. The smallest absolute Gasteiger partial charge is 0.254 e. The van der Waals surface area contributed by atoms with Crippen molar-refractivity contribution in [2.45, 2.75) is 52.3 Å². The molecule has 0 bridgehead atoms. The van der Waals surface area contributed by atoms with E-state index in [0.29, 0.717) is 28.0 Å². The fraction of sp³-hybridized carbons (Fsp3) is 0.254. The van der Waals surface area contributed by atoms with Gasteiger partial charge in [-0.3, -0.25) is 38.6 Å². The molecule has 10 aromatic rings. The molecule has 0 aromatic heterocycles. The van der Waals surface area contributed by atoms with Gasteiger partial charge in [-0.05, 0) is 126 Å². The summed E-state index contributed by atoms with van der Waals surface area (Å²) in [5.74, 6) is -5.10. The van der Waals surface area contributed by atoms with Crippen molar-refractivity contribution in [2.24, 2.45) is 23.7 Å². The number of rotatable bonds is 14. The minimum Gasteiger partial charge on any atom is -0.491 e. The lowest BCUT2D eigenvalue weighted by atomic mass is 9.75. The molecular formula is C67H58N4O9. The lowest BCUT2D eigenvalue weighted by Gasteiger charge is -2.33. The van der Waals surface area contributed by atoms with Gasteiger partial charge in [0.05, 0.1) is 30.0 Å². The van der Waals surface area contributed by atoms with Gasteiger partial charge in [0.25, 0.3) is 11.8 Å². The second kappa shape index (κ2) is 19.5. The summed E-state index contributed by atoms with van der Waals surface area (Å²) in [5, 5.41) is 27.5. The van der Waals surface area contributed by atoms with Crippen molar-refractivity contribution in [3.05, 3.63) is 179 Å². The van der Waals surface area contributed by atoms with E-state index >= 15 is 4.79 Å². The molecule has 10 aromatic carbocycles. The number of aliphatic hydroxyl groups is 1. The molecule has 2 N–H and O–H groups in total. The number of carbonyl (C=O) groups excluding carboxylic acids is 6. The number of imide groups is 2. The van der Waals surface area contributed by atoms with Crippen LogP contribution in [0.2, 0.25) is 0 Å². The number of benzene rings is 10. The standard InChI is InChI=1S/C67H58N4O9/c1-35-10-6-16-53(36(35)2)79-33-46(31-68-62(73)50-28-24-43-20-18-39-11-7-13-41-22-26-48(50)57(43)55(39)41)70-66(77)52-30-45-15-9-17-54(59(45)61(72)60(52)67(70)78)80-34-47(71-63(74)37(3)38(4)64(71)75)32-69(5)65(76)51-29-25-44-21-19-40-12-8-14-42-23-27-49(51)58(44)56(40)42/h6-29,37-38,46-47,52,60-61,72H,30-34H2,1-5H3,(H,68,73). The second-order valence-corrected chi connectivity index (χ2v) is 22.2. The van der Waals surface area contributed by atoms with Crippen molar-refractivity contribution in [1.29, 1.82) is 0 Å². The van der Waals surface area contributed by atoms with Crippen LogP contribution in [-0.2, 0) is 25.6 Å². The number of carbonyl (C=O) groups is 6. The highest BCUT2D eigenvalue weighted by atomic mass is 16.5. The topological polar surface area (TPSA) is 163 Å². The van der Waals surface area contributed by atoms with Crippen LogP contribution in [0.3, 0.4) is 0 Å². The Bertz CT molecular complexity index is 4180. The number of aryl methyl sites for hydroxylation is 1. The van der Waals surface area contributed by atoms with E-state index in [2.05, 4.69) is 47.8 Å². The molecular weight excluding hydrogens is 1000 g/mol. The molecule has 2 aliphatic heterocycles. The lowest BCUT2D eigenvalue weighted by molar-refractivity contribution is -0.145. The first kappa shape index (κ1) is 50.6. The Morgan fingerprint density at radius 3 is 1.70 bits per heavy atom. The molecule has 7 unspecified atom stereocenters. The van der Waals surface area contributed by atoms with Gasteiger partial charge in [-0.25, -0.2) is 0 Å². The van der Waals surface area contributed by atoms with Crippen molar-refractivity contribution < 1.29 is 43.3 Å². The van der Waals surface area contributed by atoms with E-state index in [1.54, 1.807) is 45.2 Å². The highest BCUT2D eigenvalue weighted by Crippen LogP contribution is 2.48. The van der Waals surface area contributed by atoms with E-state index in [0.717, 1.165) is 80.7 Å². The SMILES string of the molecule is Cc1cccc(OCC(CNC(=O)c2ccc3ccc4cccc5ccc2c3c45)N2C(=O)C3Cc4cccc(OCC(CN(C)C(=O)c5ccc6ccc7cccc8ccc5c6c78)N5C(=O)C(C)C(C)C5=O)c4C(O)C3C2=O)c1C. The maximum absolute atomic E-state index is 15.0. The Hall–Kier alpha value is -8.94. The van der Waals surface area contributed by atoms with Crippen molar-refractivity contribution in [3.8, 4) is 11.5 Å². The van der Waals surface area contributed by atoms with Crippen molar-refractivity contribution in [2.75, 3.05) is 33.4 Å². The summed E-state index contributed by atoms with van der Waals surface area (Å²) in [7, 11) is 1.65. The Labute approximate surface area is 461 Å². The first-order valence-electron chi connectivity index (χ1n) is 27.4. The predicted molar refractivity (Wildman–Crippen MR) is 308 cm³/mol. The molecule has 0 radical (unpaired) electrons. The van der Waals surface area contributed by atoms with Crippen LogP contribution in [0.4, 0.5) is 0 Å². The van der Waals surface area contributed by atoms with Crippen LogP contribution >= 0.6 is 0 Å². The largest absolute Gasteiger partial charge is 0.491 e. The van der Waals surface area contributed by atoms with Crippen LogP contribution in [-0.4, -0.2) is 101 Å². The molecule has 400 valence electrons. The molecule has 6 amide bonds. The molecule has 13 rings (SSSR count). The Balaban J connectivity index is 0.776. The molecule has 0 saturated carbocycles. The van der Waals surface area contributed by atoms with Crippen LogP contribution in [0.15, 0.2) is 146 Å². The number of aliphatic hydroxyl groups excluding tert-OH is 1. The Morgan fingerprint density at radius 2 is 1.07 bits per heavy atom. The van der Waals surface area contributed by atoms with Crippen LogP contribution < -0.4 is 14.8 Å². The molecule has 3 aliphatic rings. The normalized spacial score (nSPS) is 19.9. The first-order valence-corrected chi connectivity index (χ1v) is 27.4. The molecule has 80 heavy (non-hydrogen) atoms. The average Bonchev–Trinajstić information content (AvgIpc) is 3.94. The summed E-state index contributed by atoms with van der Waals surface area (Å²) < 4.78 is 13.0. The quantitative estimate of drug-likeness (QED) is 0.0797. The molecule has 7 atom stereocenters. The maximum atomic E-state index is 15.0. The highest BCUT2D eigenvalue weighted by Gasteiger charge is 2.56. The van der Waals surface area contributed by atoms with Gasteiger partial charge in [0.2, 0.25) is 23.6 Å². The summed E-state index contributed by atoms with van der Waals surface area (Å²) in [6, 6.07) is 44.9. The number of hydrogen-bond acceptors (Lipinski definition) is 9. The van der Waals surface area contributed by atoms with Gasteiger partial charge in [-0.15, -0.1) is 0 Å². The molecule has 2 saturated heterocycles. The van der Waals surface area contributed by atoms with Gasteiger partial charge in [0.15, 0.2) is 0 Å². The van der Waals surface area contributed by atoms with E-state index in [9.17, 15) is 29.1 Å². The summed E-state index contributed by atoms with van der Waals surface area (Å²) in [6.07, 6.45) is -1.39. The third kappa shape index (κ3) is 7.99. The minimum absolute atomic E-state index is 0.0687. The van der Waals surface area contributed by atoms with Gasteiger partial charge < -0.3 is 24.8 Å². The zero-order chi connectivity index (χ0) is 55.4. The van der Waals surface area contributed by atoms with Crippen LogP contribution in [0.5, 0.6) is 11.5 Å². The van der Waals surface area contributed by atoms with E-state index in [-0.39, 0.29) is 62.1 Å². The summed E-state index contributed by atoms with van der Waals surface area (Å²) >= 11 is 0. The van der Waals surface area contributed by atoms with Crippen molar-refractivity contribution >= 4 is 100 Å². The number of fused-ring (bicyclic) bond motifs is 2. The van der Waals surface area contributed by atoms with E-state index < -0.39 is 53.7 Å². The van der Waals surface area contributed by atoms with E-state index in [1.807, 2.05) is 92.7 Å². The molecule has 13 nitrogen and oxygen atoms in total. The Morgan fingerprint density at radius 1 is 0.588 bits per heavy atom. The second-order valence-electron chi connectivity index (χ2n) is 22.2. The number of likely N-dealkylation sites (tertiary alicyclic amines) is 2. The molecule has 2 fully saturated rings. The van der Waals surface area contributed by atoms with Crippen molar-refractivity contribution in [3.63, 3.8) is 0 Å². The molecule has 13 heteroatoms. The Kier molecular flexibility index (Phi) is 12.3. The monoisotopic (exact) mass is 1060 g/mol. The van der Waals surface area contributed by atoms with Gasteiger partial charge in [0.1, 0.15) is 24.7 Å². The summed E-state index contributed by atoms with van der Waals surface area (Å²) in [4.78, 5) is 90.7. The number of likely N-dealkylation sites (N-methyl/N-ethyl adjacent to an activating group) is 1. The summed E-state index contributed by atoms with van der Waals surface area (Å²) in [6.45, 7) is 6.74. The van der Waals surface area contributed by atoms with Gasteiger partial charge in [-0.2, -0.15) is 0 Å². The molecule has 0 spiro atoms. The predicted octanol–water partition coefficient (Wildman–Crippen LogP) is 10.3. The number of nitrogens with zero attached hydrogens (tertiary/aromatic N) is 3. The molecule has 1 aliphatic carbocycles. The maximum Gasteiger partial charge on any atom is 0.254 e. The summed E-state index contributed by atoms with van der Waals surface area (Å²) in [5.41, 5.74) is 3.72. The van der Waals surface area contributed by atoms with Crippen LogP contribution in [0.1, 0.15) is 62.9 Å². The van der Waals surface area contributed by atoms with Crippen LogP contribution in [0.25, 0.3) is 64.6 Å². The van der Waals surface area contributed by atoms with Crippen LogP contribution in [0, 0.1) is 37.5 Å². The highest BCUT2D eigenvalue weighted by molar-refractivity contribution is 6.27. The number of ether oxygens (including phenoxy) is 2. The number of amides is 6. The number of hydrogen-bond donors (Lipinski definition) is 2. The fourth-order valence-electron chi connectivity index (χ4n) is 13.1. The third-order valence-electron chi connectivity index (χ3n) is 17.8. The van der Waals surface area contributed by atoms with Gasteiger partial charge >= 0.3 is 0 Å². The average molecular weight is 1060 g/mol. The van der Waals surface area contributed by atoms with Crippen molar-refractivity contribution in [1.82, 2.24) is 20.0 Å². The zero-order valence-corrected chi connectivity index (χ0v) is 45.0. The number of nitrogens with one attached hydrogen (secondary N) is 1. The first-order chi connectivity index (χ1) is 38.7. The van der Waals surface area contributed by atoms with E-state index in [4.69, 9.17) is 9.47 Å². The lowest BCUT2D eigenvalue weighted by Crippen LogP contribution is -2.50. The fourth-order valence-corrected chi connectivity index (χ4v) is 13.1. The van der Waals surface area contributed by atoms with E-state index in [1.165, 1.54) is 9.80 Å². The minimum atomic E-state index is -1.50. The zero-order valence-electron chi connectivity index (χ0n) is 45.0. The van der Waals surface area contributed by atoms with Gasteiger partial charge in [0, 0.05) is 48.7 Å². The molecule has 2 heterocycles.